The van der Waals surface area contributed by atoms with Crippen molar-refractivity contribution in [2.24, 2.45) is 0 Å². The third-order valence-corrected chi connectivity index (χ3v) is 2.11. The minimum absolute atomic E-state index is 0.903. The van der Waals surface area contributed by atoms with Gasteiger partial charge < -0.3 is 4.52 Å². The normalized spacial score (nSPS) is 10.8. The van der Waals surface area contributed by atoms with E-state index in [2.05, 4.69) is 18.1 Å². The van der Waals surface area contributed by atoms with Crippen molar-refractivity contribution >= 4 is 10.9 Å². The van der Waals surface area contributed by atoms with Crippen molar-refractivity contribution in [2.75, 3.05) is 0 Å². The SMILES string of the molecule is CCc1onc2c(C)cccc12. The lowest BCUT2D eigenvalue weighted by Gasteiger charge is -1.91. The number of fused-ring (bicyclic) bond motifs is 1. The highest BCUT2D eigenvalue weighted by Gasteiger charge is 2.06. The third-order valence-electron chi connectivity index (χ3n) is 2.11. The monoisotopic (exact) mass is 161 g/mol. The molecule has 0 aliphatic rings. The summed E-state index contributed by atoms with van der Waals surface area (Å²) in [6, 6.07) is 6.13. The average Bonchev–Trinajstić information content (AvgIpc) is 2.49. The molecule has 2 nitrogen and oxygen atoms in total. The molecule has 0 saturated carbocycles. The van der Waals surface area contributed by atoms with Crippen molar-refractivity contribution in [1.82, 2.24) is 5.16 Å². The number of aryl methyl sites for hydroxylation is 2. The van der Waals surface area contributed by atoms with E-state index in [1.54, 1.807) is 0 Å². The van der Waals surface area contributed by atoms with Crippen LogP contribution < -0.4 is 0 Å². The van der Waals surface area contributed by atoms with Crippen molar-refractivity contribution < 1.29 is 4.52 Å². The van der Waals surface area contributed by atoms with Crippen LogP contribution in [-0.4, -0.2) is 5.16 Å². The molecule has 2 aromatic rings. The van der Waals surface area contributed by atoms with E-state index in [0.29, 0.717) is 0 Å². The topological polar surface area (TPSA) is 26.0 Å². The van der Waals surface area contributed by atoms with Gasteiger partial charge in [-0.2, -0.15) is 0 Å². The lowest BCUT2D eigenvalue weighted by atomic mass is 10.1. The van der Waals surface area contributed by atoms with Gasteiger partial charge in [0, 0.05) is 11.8 Å². The summed E-state index contributed by atoms with van der Waals surface area (Å²) in [6.45, 7) is 4.12. The van der Waals surface area contributed by atoms with Crippen molar-refractivity contribution in [3.63, 3.8) is 0 Å². The summed E-state index contributed by atoms with van der Waals surface area (Å²) in [5.41, 5.74) is 2.17. The second-order valence-electron chi connectivity index (χ2n) is 2.93. The smallest absolute Gasteiger partial charge is 0.144 e. The Bertz CT molecular complexity index is 403. The summed E-state index contributed by atoms with van der Waals surface area (Å²) < 4.78 is 5.20. The summed E-state index contributed by atoms with van der Waals surface area (Å²) in [4.78, 5) is 0. The minimum Gasteiger partial charge on any atom is -0.360 e. The van der Waals surface area contributed by atoms with Gasteiger partial charge in [0.2, 0.25) is 0 Å². The van der Waals surface area contributed by atoms with E-state index in [9.17, 15) is 0 Å². The Labute approximate surface area is 71.2 Å². The number of rotatable bonds is 1. The van der Waals surface area contributed by atoms with Crippen LogP contribution in [0.3, 0.4) is 0 Å². The molecule has 0 saturated heterocycles. The molecule has 1 aromatic carbocycles. The van der Waals surface area contributed by atoms with Gasteiger partial charge >= 0.3 is 0 Å². The molecule has 0 radical (unpaired) electrons. The summed E-state index contributed by atoms with van der Waals surface area (Å²) >= 11 is 0. The summed E-state index contributed by atoms with van der Waals surface area (Å²) in [6.07, 6.45) is 0.903. The van der Waals surface area contributed by atoms with Crippen LogP contribution in [0.5, 0.6) is 0 Å². The second kappa shape index (κ2) is 2.63. The Morgan fingerprint density at radius 1 is 1.42 bits per heavy atom. The molecular formula is C10H11NO. The van der Waals surface area contributed by atoms with Crippen molar-refractivity contribution in [3.8, 4) is 0 Å². The van der Waals surface area contributed by atoms with Crippen LogP contribution in [0.1, 0.15) is 18.2 Å². The lowest BCUT2D eigenvalue weighted by Crippen LogP contribution is -1.76. The Hall–Kier alpha value is -1.31. The molecule has 0 unspecified atom stereocenters. The molecule has 62 valence electrons. The fourth-order valence-corrected chi connectivity index (χ4v) is 1.41. The Morgan fingerprint density at radius 3 is 3.00 bits per heavy atom. The van der Waals surface area contributed by atoms with Gasteiger partial charge in [-0.1, -0.05) is 24.2 Å². The zero-order chi connectivity index (χ0) is 8.55. The molecule has 0 N–H and O–H groups in total. The van der Waals surface area contributed by atoms with Crippen LogP contribution in [0.25, 0.3) is 10.9 Å². The third kappa shape index (κ3) is 0.916. The number of aromatic nitrogens is 1. The van der Waals surface area contributed by atoms with E-state index in [4.69, 9.17) is 4.52 Å². The predicted octanol–water partition coefficient (Wildman–Crippen LogP) is 2.70. The van der Waals surface area contributed by atoms with Crippen LogP contribution in [-0.2, 0) is 6.42 Å². The predicted molar refractivity (Wildman–Crippen MR) is 48.1 cm³/mol. The first-order valence-corrected chi connectivity index (χ1v) is 4.16. The number of hydrogen-bond donors (Lipinski definition) is 0. The van der Waals surface area contributed by atoms with Crippen LogP contribution in [0.2, 0.25) is 0 Å². The zero-order valence-electron chi connectivity index (χ0n) is 7.29. The van der Waals surface area contributed by atoms with E-state index >= 15 is 0 Å². The van der Waals surface area contributed by atoms with E-state index in [1.165, 1.54) is 5.56 Å². The van der Waals surface area contributed by atoms with Gasteiger partial charge in [0.15, 0.2) is 0 Å². The quantitative estimate of drug-likeness (QED) is 0.642. The van der Waals surface area contributed by atoms with Crippen LogP contribution >= 0.6 is 0 Å². The van der Waals surface area contributed by atoms with Gasteiger partial charge in [-0.05, 0) is 18.6 Å². The minimum atomic E-state index is 0.903. The Balaban J connectivity index is 2.80. The number of hydrogen-bond acceptors (Lipinski definition) is 2. The van der Waals surface area contributed by atoms with Gasteiger partial charge in [0.1, 0.15) is 11.3 Å². The maximum absolute atomic E-state index is 5.20. The Kier molecular flexibility index (Phi) is 1.61. The molecule has 0 amide bonds. The van der Waals surface area contributed by atoms with E-state index in [1.807, 2.05) is 19.1 Å². The Morgan fingerprint density at radius 2 is 2.25 bits per heavy atom. The van der Waals surface area contributed by atoms with Crippen molar-refractivity contribution in [3.05, 3.63) is 29.5 Å². The van der Waals surface area contributed by atoms with E-state index in [0.717, 1.165) is 23.1 Å². The van der Waals surface area contributed by atoms with Gasteiger partial charge in [-0.15, -0.1) is 0 Å². The zero-order valence-corrected chi connectivity index (χ0v) is 7.29. The van der Waals surface area contributed by atoms with Gasteiger partial charge in [-0.25, -0.2) is 0 Å². The molecule has 1 aromatic heterocycles. The highest BCUT2D eigenvalue weighted by atomic mass is 16.5. The van der Waals surface area contributed by atoms with E-state index < -0.39 is 0 Å². The molecule has 0 atom stereocenters. The summed E-state index contributed by atoms with van der Waals surface area (Å²) in [7, 11) is 0. The first-order valence-electron chi connectivity index (χ1n) is 4.16. The molecular weight excluding hydrogens is 150 g/mol. The van der Waals surface area contributed by atoms with Crippen molar-refractivity contribution in [2.45, 2.75) is 20.3 Å². The molecule has 2 rings (SSSR count). The van der Waals surface area contributed by atoms with Crippen LogP contribution in [0.4, 0.5) is 0 Å². The van der Waals surface area contributed by atoms with Crippen LogP contribution in [0.15, 0.2) is 22.7 Å². The molecule has 0 aliphatic carbocycles. The molecule has 1 heterocycles. The maximum atomic E-state index is 5.20. The highest BCUT2D eigenvalue weighted by molar-refractivity contribution is 5.83. The van der Waals surface area contributed by atoms with Gasteiger partial charge in [0.05, 0.1) is 0 Å². The molecule has 0 aliphatic heterocycles. The number of benzene rings is 1. The van der Waals surface area contributed by atoms with E-state index in [-0.39, 0.29) is 0 Å². The van der Waals surface area contributed by atoms with Gasteiger partial charge in [0.25, 0.3) is 0 Å². The second-order valence-corrected chi connectivity index (χ2v) is 2.93. The molecule has 12 heavy (non-hydrogen) atoms. The standard InChI is InChI=1S/C10H11NO/c1-3-9-8-6-4-5-7(2)10(8)11-12-9/h4-6H,3H2,1-2H3. The van der Waals surface area contributed by atoms with Crippen molar-refractivity contribution in [1.29, 1.82) is 0 Å². The fourth-order valence-electron chi connectivity index (χ4n) is 1.41. The lowest BCUT2D eigenvalue weighted by molar-refractivity contribution is 0.394. The molecule has 2 heteroatoms. The first-order chi connectivity index (χ1) is 5.83. The first kappa shape index (κ1) is 7.35. The molecule has 0 fully saturated rings. The average molecular weight is 161 g/mol. The molecule has 0 bridgehead atoms. The maximum Gasteiger partial charge on any atom is 0.144 e. The fraction of sp³-hybridized carbons (Fsp3) is 0.300. The summed E-state index contributed by atoms with van der Waals surface area (Å²) in [5, 5.41) is 5.16. The summed E-state index contributed by atoms with van der Waals surface area (Å²) in [5.74, 6) is 0.980. The highest BCUT2D eigenvalue weighted by Crippen LogP contribution is 2.20. The van der Waals surface area contributed by atoms with Crippen LogP contribution in [0, 0.1) is 6.92 Å². The molecule has 0 spiro atoms. The largest absolute Gasteiger partial charge is 0.360 e. The number of nitrogens with zero attached hydrogens (tertiary/aromatic N) is 1. The van der Waals surface area contributed by atoms with Gasteiger partial charge in [-0.3, -0.25) is 0 Å².